The molecule has 1 atom stereocenters. The highest BCUT2D eigenvalue weighted by atomic mass is 16.3. The molecule has 3 heteroatoms. The van der Waals surface area contributed by atoms with E-state index in [2.05, 4.69) is 4.98 Å². The molecule has 3 nitrogen and oxygen atoms in total. The molecule has 0 amide bonds. The molecule has 0 aliphatic rings. The van der Waals surface area contributed by atoms with Crippen LogP contribution in [-0.2, 0) is 6.42 Å². The molecular formula is C8H12N2O. The van der Waals surface area contributed by atoms with Crippen molar-refractivity contribution < 1.29 is 5.11 Å². The van der Waals surface area contributed by atoms with E-state index in [1.165, 1.54) is 0 Å². The summed E-state index contributed by atoms with van der Waals surface area (Å²) in [5.41, 5.74) is 6.44. The fourth-order valence-electron chi connectivity index (χ4n) is 0.852. The molecule has 0 bridgehead atoms. The average Bonchev–Trinajstić information content (AvgIpc) is 2.06. The van der Waals surface area contributed by atoms with E-state index in [1.54, 1.807) is 6.20 Å². The van der Waals surface area contributed by atoms with Crippen molar-refractivity contribution in [1.82, 2.24) is 4.98 Å². The quantitative estimate of drug-likeness (QED) is 0.638. The minimum absolute atomic E-state index is 0.0105. The molecule has 1 aromatic rings. The monoisotopic (exact) mass is 152 g/mol. The van der Waals surface area contributed by atoms with Crippen LogP contribution in [0.15, 0.2) is 24.4 Å². The number of aromatic nitrogens is 1. The van der Waals surface area contributed by atoms with Crippen LogP contribution in [0.4, 0.5) is 0 Å². The molecule has 0 radical (unpaired) electrons. The van der Waals surface area contributed by atoms with Crippen LogP contribution in [0.25, 0.3) is 0 Å². The van der Waals surface area contributed by atoms with E-state index in [0.29, 0.717) is 6.42 Å². The second kappa shape index (κ2) is 4.05. The number of hydrogen-bond acceptors (Lipinski definition) is 3. The van der Waals surface area contributed by atoms with Crippen LogP contribution < -0.4 is 5.73 Å². The molecule has 1 unspecified atom stereocenters. The van der Waals surface area contributed by atoms with Gasteiger partial charge < -0.3 is 10.8 Å². The molecule has 0 saturated carbocycles. The number of hydrogen-bond donors (Lipinski definition) is 2. The summed E-state index contributed by atoms with van der Waals surface area (Å²) in [5.74, 6) is 0. The molecular weight excluding hydrogens is 140 g/mol. The fourth-order valence-corrected chi connectivity index (χ4v) is 0.852. The number of nitrogens with zero attached hydrogens (tertiary/aromatic N) is 1. The summed E-state index contributed by atoms with van der Waals surface area (Å²) in [6.45, 7) is 0.0105. The summed E-state index contributed by atoms with van der Waals surface area (Å²) < 4.78 is 0. The highest BCUT2D eigenvalue weighted by molar-refractivity contribution is 5.04. The summed E-state index contributed by atoms with van der Waals surface area (Å²) in [5, 5.41) is 8.64. The molecule has 0 fully saturated rings. The lowest BCUT2D eigenvalue weighted by Crippen LogP contribution is -2.27. The van der Waals surface area contributed by atoms with Crippen LogP contribution in [0.1, 0.15) is 5.69 Å². The SMILES string of the molecule is NC(CO)Cc1ccccn1. The summed E-state index contributed by atoms with van der Waals surface area (Å²) >= 11 is 0. The standard InChI is InChI=1S/C8H12N2O/c9-7(6-11)5-8-3-1-2-4-10-8/h1-4,7,11H,5-6,9H2. The maximum absolute atomic E-state index is 8.64. The van der Waals surface area contributed by atoms with Crippen LogP contribution in [0.5, 0.6) is 0 Å². The van der Waals surface area contributed by atoms with Crippen LogP contribution in [0, 0.1) is 0 Å². The average molecular weight is 152 g/mol. The molecule has 1 rings (SSSR count). The number of nitrogens with two attached hydrogens (primary N) is 1. The van der Waals surface area contributed by atoms with E-state index in [-0.39, 0.29) is 12.6 Å². The normalized spacial score (nSPS) is 12.9. The maximum atomic E-state index is 8.64. The predicted octanol–water partition coefficient (Wildman–Crippen LogP) is -0.0563. The Balaban J connectivity index is 2.51. The van der Waals surface area contributed by atoms with Gasteiger partial charge in [-0.1, -0.05) is 6.07 Å². The van der Waals surface area contributed by atoms with E-state index in [4.69, 9.17) is 10.8 Å². The van der Waals surface area contributed by atoms with Gasteiger partial charge in [0, 0.05) is 24.4 Å². The lowest BCUT2D eigenvalue weighted by Gasteiger charge is -2.05. The smallest absolute Gasteiger partial charge is 0.0586 e. The molecule has 1 heterocycles. The molecule has 0 aliphatic heterocycles. The third kappa shape index (κ3) is 2.65. The second-order valence-electron chi connectivity index (χ2n) is 2.47. The van der Waals surface area contributed by atoms with Crippen LogP contribution >= 0.6 is 0 Å². The summed E-state index contributed by atoms with van der Waals surface area (Å²) in [6, 6.07) is 5.47. The van der Waals surface area contributed by atoms with Gasteiger partial charge in [0.2, 0.25) is 0 Å². The van der Waals surface area contributed by atoms with Crippen molar-refractivity contribution in [2.24, 2.45) is 5.73 Å². The van der Waals surface area contributed by atoms with Crippen molar-refractivity contribution in [1.29, 1.82) is 0 Å². The van der Waals surface area contributed by atoms with Crippen LogP contribution in [0.2, 0.25) is 0 Å². The zero-order valence-corrected chi connectivity index (χ0v) is 6.27. The van der Waals surface area contributed by atoms with Gasteiger partial charge in [-0.3, -0.25) is 4.98 Å². The van der Waals surface area contributed by atoms with E-state index in [9.17, 15) is 0 Å². The molecule has 60 valence electrons. The Bertz CT molecular complexity index is 201. The van der Waals surface area contributed by atoms with Crippen LogP contribution in [-0.4, -0.2) is 22.7 Å². The lowest BCUT2D eigenvalue weighted by molar-refractivity contribution is 0.264. The molecule has 0 aromatic carbocycles. The Labute approximate surface area is 65.9 Å². The second-order valence-corrected chi connectivity index (χ2v) is 2.47. The van der Waals surface area contributed by atoms with Crippen LogP contribution in [0.3, 0.4) is 0 Å². The number of aliphatic hydroxyl groups excluding tert-OH is 1. The first kappa shape index (κ1) is 8.17. The zero-order chi connectivity index (χ0) is 8.10. The van der Waals surface area contributed by atoms with E-state index in [1.807, 2.05) is 18.2 Å². The summed E-state index contributed by atoms with van der Waals surface area (Å²) in [7, 11) is 0. The Hall–Kier alpha value is -0.930. The highest BCUT2D eigenvalue weighted by Gasteiger charge is 2.01. The third-order valence-corrected chi connectivity index (χ3v) is 1.43. The Morgan fingerprint density at radius 3 is 2.91 bits per heavy atom. The van der Waals surface area contributed by atoms with Gasteiger partial charge in [0.25, 0.3) is 0 Å². The van der Waals surface area contributed by atoms with Crippen molar-refractivity contribution in [3.8, 4) is 0 Å². The van der Waals surface area contributed by atoms with Gasteiger partial charge in [-0.15, -0.1) is 0 Å². The third-order valence-electron chi connectivity index (χ3n) is 1.43. The van der Waals surface area contributed by atoms with Crippen molar-refractivity contribution in [3.05, 3.63) is 30.1 Å². The largest absolute Gasteiger partial charge is 0.395 e. The van der Waals surface area contributed by atoms with Gasteiger partial charge in [-0.25, -0.2) is 0 Å². The Morgan fingerprint density at radius 2 is 2.36 bits per heavy atom. The first-order chi connectivity index (χ1) is 5.33. The zero-order valence-electron chi connectivity index (χ0n) is 6.27. The van der Waals surface area contributed by atoms with Gasteiger partial charge in [0.15, 0.2) is 0 Å². The van der Waals surface area contributed by atoms with Gasteiger partial charge in [0.1, 0.15) is 0 Å². The predicted molar refractivity (Wildman–Crippen MR) is 43.0 cm³/mol. The molecule has 11 heavy (non-hydrogen) atoms. The number of pyridine rings is 1. The lowest BCUT2D eigenvalue weighted by atomic mass is 10.2. The molecule has 0 saturated heterocycles. The van der Waals surface area contributed by atoms with Crippen molar-refractivity contribution in [2.45, 2.75) is 12.5 Å². The van der Waals surface area contributed by atoms with Gasteiger partial charge in [0.05, 0.1) is 6.61 Å². The topological polar surface area (TPSA) is 59.1 Å². The summed E-state index contributed by atoms with van der Waals surface area (Å²) in [6.07, 6.45) is 2.36. The Kier molecular flexibility index (Phi) is 3.01. The number of rotatable bonds is 3. The highest BCUT2D eigenvalue weighted by Crippen LogP contribution is 1.96. The summed E-state index contributed by atoms with van der Waals surface area (Å²) in [4.78, 5) is 4.08. The van der Waals surface area contributed by atoms with Gasteiger partial charge >= 0.3 is 0 Å². The maximum Gasteiger partial charge on any atom is 0.0586 e. The molecule has 1 aromatic heterocycles. The van der Waals surface area contributed by atoms with E-state index >= 15 is 0 Å². The Morgan fingerprint density at radius 1 is 1.55 bits per heavy atom. The minimum Gasteiger partial charge on any atom is -0.395 e. The van der Waals surface area contributed by atoms with E-state index in [0.717, 1.165) is 5.69 Å². The first-order valence-electron chi connectivity index (χ1n) is 3.59. The number of aliphatic hydroxyl groups is 1. The molecule has 3 N–H and O–H groups in total. The first-order valence-corrected chi connectivity index (χ1v) is 3.59. The van der Waals surface area contributed by atoms with Crippen molar-refractivity contribution in [3.63, 3.8) is 0 Å². The molecule has 0 spiro atoms. The van der Waals surface area contributed by atoms with Gasteiger partial charge in [-0.05, 0) is 12.1 Å². The minimum atomic E-state index is -0.190. The van der Waals surface area contributed by atoms with Gasteiger partial charge in [-0.2, -0.15) is 0 Å². The fraction of sp³-hybridized carbons (Fsp3) is 0.375. The van der Waals surface area contributed by atoms with E-state index < -0.39 is 0 Å². The molecule has 0 aliphatic carbocycles. The van der Waals surface area contributed by atoms with Crippen molar-refractivity contribution >= 4 is 0 Å². The van der Waals surface area contributed by atoms with Crippen molar-refractivity contribution in [2.75, 3.05) is 6.61 Å².